The van der Waals surface area contributed by atoms with Gasteiger partial charge in [-0.3, -0.25) is 4.98 Å². The van der Waals surface area contributed by atoms with Gasteiger partial charge in [0.2, 0.25) is 0 Å². The van der Waals surface area contributed by atoms with Gasteiger partial charge in [0.05, 0.1) is 35.8 Å². The highest BCUT2D eigenvalue weighted by Crippen LogP contribution is 2.11. The number of anilines is 1. The maximum atomic E-state index is 11.6. The van der Waals surface area contributed by atoms with Crippen LogP contribution in [0, 0.1) is 18.3 Å². The minimum absolute atomic E-state index is 0.237. The van der Waals surface area contributed by atoms with E-state index >= 15 is 0 Å². The molecule has 0 radical (unpaired) electrons. The molecule has 0 aliphatic heterocycles. The first-order chi connectivity index (χ1) is 7.65. The summed E-state index contributed by atoms with van der Waals surface area (Å²) in [6, 6.07) is 3.51. The van der Waals surface area contributed by atoms with E-state index in [9.17, 15) is 4.79 Å². The Kier molecular flexibility index (Phi) is 4.28. The molecular formula is C11H13N3O2. The van der Waals surface area contributed by atoms with Gasteiger partial charge in [0.1, 0.15) is 0 Å². The predicted molar refractivity (Wildman–Crippen MR) is 58.5 cm³/mol. The molecule has 5 heteroatoms. The molecule has 0 fully saturated rings. The quantitative estimate of drug-likeness (QED) is 0.611. The summed E-state index contributed by atoms with van der Waals surface area (Å²) in [5.74, 6) is -0.449. The molecular weight excluding hydrogens is 206 g/mol. The minimum atomic E-state index is -0.449. The highest BCUT2D eigenvalue weighted by Gasteiger charge is 2.11. The number of rotatable bonds is 4. The molecule has 1 heterocycles. The first-order valence-corrected chi connectivity index (χ1v) is 4.91. The predicted octanol–water partition coefficient (Wildman–Crippen LogP) is 1.43. The number of pyridine rings is 1. The second-order valence-electron chi connectivity index (χ2n) is 3.30. The van der Waals surface area contributed by atoms with Crippen LogP contribution in [0.1, 0.15) is 28.9 Å². The van der Waals surface area contributed by atoms with Crippen molar-refractivity contribution in [1.82, 2.24) is 4.98 Å². The molecule has 0 aliphatic rings. The fourth-order valence-corrected chi connectivity index (χ4v) is 1.15. The smallest absolute Gasteiger partial charge is 0.340 e. The Labute approximate surface area is 93.8 Å². The summed E-state index contributed by atoms with van der Waals surface area (Å²) >= 11 is 0. The lowest BCUT2D eigenvalue weighted by Crippen LogP contribution is -2.09. The molecule has 0 saturated carbocycles. The van der Waals surface area contributed by atoms with Crippen molar-refractivity contribution in [3.8, 4) is 6.07 Å². The average molecular weight is 219 g/mol. The van der Waals surface area contributed by atoms with Crippen LogP contribution in [-0.4, -0.2) is 17.6 Å². The lowest BCUT2D eigenvalue weighted by atomic mass is 10.2. The number of nitriles is 1. The standard InChI is InChI=1S/C11H13N3O2/c1-8-10(6-9(13)7-14-8)11(15)16-5-3-2-4-12/h6-7H,2-3,5,13H2,1H3. The number of nitrogen functional groups attached to an aromatic ring is 1. The number of nitrogens with two attached hydrogens (primary N) is 1. The van der Waals surface area contributed by atoms with E-state index in [-0.39, 0.29) is 6.61 Å². The Morgan fingerprint density at radius 1 is 1.69 bits per heavy atom. The molecule has 0 aliphatic carbocycles. The van der Waals surface area contributed by atoms with Gasteiger partial charge in [0.25, 0.3) is 0 Å². The maximum Gasteiger partial charge on any atom is 0.340 e. The Balaban J connectivity index is 2.59. The molecule has 0 amide bonds. The molecule has 0 spiro atoms. The van der Waals surface area contributed by atoms with Crippen molar-refractivity contribution in [2.24, 2.45) is 0 Å². The molecule has 0 bridgehead atoms. The Hall–Kier alpha value is -2.09. The van der Waals surface area contributed by atoms with Crippen LogP contribution in [0.25, 0.3) is 0 Å². The van der Waals surface area contributed by atoms with E-state index in [0.717, 1.165) is 0 Å². The monoisotopic (exact) mass is 219 g/mol. The summed E-state index contributed by atoms with van der Waals surface area (Å²) < 4.78 is 4.98. The van der Waals surface area contributed by atoms with Gasteiger partial charge in [-0.05, 0) is 19.4 Å². The fraction of sp³-hybridized carbons (Fsp3) is 0.364. The third-order valence-electron chi connectivity index (χ3n) is 1.99. The van der Waals surface area contributed by atoms with Gasteiger partial charge in [-0.2, -0.15) is 5.26 Å². The number of unbranched alkanes of at least 4 members (excludes halogenated alkanes) is 1. The zero-order valence-electron chi connectivity index (χ0n) is 9.06. The maximum absolute atomic E-state index is 11.6. The lowest BCUT2D eigenvalue weighted by Gasteiger charge is -2.06. The fourth-order valence-electron chi connectivity index (χ4n) is 1.15. The molecule has 1 aromatic rings. The van der Waals surface area contributed by atoms with E-state index in [0.29, 0.717) is 29.8 Å². The average Bonchev–Trinajstić information content (AvgIpc) is 2.27. The van der Waals surface area contributed by atoms with Gasteiger partial charge in [-0.1, -0.05) is 0 Å². The van der Waals surface area contributed by atoms with Crippen LogP contribution >= 0.6 is 0 Å². The zero-order chi connectivity index (χ0) is 12.0. The van der Waals surface area contributed by atoms with Crippen molar-refractivity contribution in [3.05, 3.63) is 23.5 Å². The van der Waals surface area contributed by atoms with Crippen molar-refractivity contribution in [3.63, 3.8) is 0 Å². The van der Waals surface area contributed by atoms with E-state index < -0.39 is 5.97 Å². The van der Waals surface area contributed by atoms with E-state index in [4.69, 9.17) is 15.7 Å². The van der Waals surface area contributed by atoms with Crippen molar-refractivity contribution >= 4 is 11.7 Å². The van der Waals surface area contributed by atoms with Crippen molar-refractivity contribution < 1.29 is 9.53 Å². The summed E-state index contributed by atoms with van der Waals surface area (Å²) in [6.07, 6.45) is 2.40. The molecule has 5 nitrogen and oxygen atoms in total. The van der Waals surface area contributed by atoms with Crippen LogP contribution in [0.5, 0.6) is 0 Å². The highest BCUT2D eigenvalue weighted by atomic mass is 16.5. The Morgan fingerprint density at radius 2 is 2.44 bits per heavy atom. The number of aryl methyl sites for hydroxylation is 1. The Morgan fingerprint density at radius 3 is 3.12 bits per heavy atom. The molecule has 16 heavy (non-hydrogen) atoms. The zero-order valence-corrected chi connectivity index (χ0v) is 9.06. The summed E-state index contributed by atoms with van der Waals surface area (Å²) in [4.78, 5) is 15.5. The van der Waals surface area contributed by atoms with Crippen LogP contribution in [0.3, 0.4) is 0 Å². The van der Waals surface area contributed by atoms with Gasteiger partial charge in [0, 0.05) is 6.42 Å². The third kappa shape index (κ3) is 3.24. The van der Waals surface area contributed by atoms with Gasteiger partial charge in [-0.15, -0.1) is 0 Å². The summed E-state index contributed by atoms with van der Waals surface area (Å²) in [5.41, 5.74) is 6.91. The van der Waals surface area contributed by atoms with Crippen LogP contribution in [0.15, 0.2) is 12.3 Å². The third-order valence-corrected chi connectivity index (χ3v) is 1.99. The molecule has 2 N–H and O–H groups in total. The first kappa shape index (κ1) is 12.0. The number of ether oxygens (including phenoxy) is 1. The van der Waals surface area contributed by atoms with Crippen molar-refractivity contribution in [1.29, 1.82) is 5.26 Å². The topological polar surface area (TPSA) is 89.0 Å². The second kappa shape index (κ2) is 5.71. The van der Waals surface area contributed by atoms with Crippen LogP contribution in [-0.2, 0) is 4.74 Å². The van der Waals surface area contributed by atoms with Gasteiger partial charge >= 0.3 is 5.97 Å². The number of esters is 1. The summed E-state index contributed by atoms with van der Waals surface area (Å²) in [5, 5.41) is 8.31. The molecule has 0 atom stereocenters. The molecule has 84 valence electrons. The first-order valence-electron chi connectivity index (χ1n) is 4.91. The van der Waals surface area contributed by atoms with Crippen molar-refractivity contribution in [2.45, 2.75) is 19.8 Å². The number of aromatic nitrogens is 1. The lowest BCUT2D eigenvalue weighted by molar-refractivity contribution is 0.0500. The summed E-state index contributed by atoms with van der Waals surface area (Å²) in [6.45, 7) is 1.95. The van der Waals surface area contributed by atoms with Crippen LogP contribution in [0.4, 0.5) is 5.69 Å². The largest absolute Gasteiger partial charge is 0.462 e. The molecule has 1 aromatic heterocycles. The SMILES string of the molecule is Cc1ncc(N)cc1C(=O)OCCCC#N. The van der Waals surface area contributed by atoms with Crippen LogP contribution < -0.4 is 5.73 Å². The number of hydrogen-bond acceptors (Lipinski definition) is 5. The summed E-state index contributed by atoms with van der Waals surface area (Å²) in [7, 11) is 0. The van der Waals surface area contributed by atoms with Crippen LogP contribution in [0.2, 0.25) is 0 Å². The van der Waals surface area contributed by atoms with E-state index in [1.165, 1.54) is 12.3 Å². The molecule has 0 aromatic carbocycles. The highest BCUT2D eigenvalue weighted by molar-refractivity contribution is 5.91. The van der Waals surface area contributed by atoms with Gasteiger partial charge < -0.3 is 10.5 Å². The van der Waals surface area contributed by atoms with Gasteiger partial charge in [0.15, 0.2) is 0 Å². The number of nitrogens with zero attached hydrogens (tertiary/aromatic N) is 2. The van der Waals surface area contributed by atoms with Crippen molar-refractivity contribution in [2.75, 3.05) is 12.3 Å². The number of carbonyl (C=O) groups is 1. The molecule has 1 rings (SSSR count). The van der Waals surface area contributed by atoms with E-state index in [1.54, 1.807) is 6.92 Å². The minimum Gasteiger partial charge on any atom is -0.462 e. The number of hydrogen-bond donors (Lipinski definition) is 1. The van der Waals surface area contributed by atoms with Gasteiger partial charge in [-0.25, -0.2) is 4.79 Å². The van der Waals surface area contributed by atoms with E-state index in [1.807, 2.05) is 6.07 Å². The Bertz CT molecular complexity index is 424. The second-order valence-corrected chi connectivity index (χ2v) is 3.30. The normalized spacial score (nSPS) is 9.50. The number of carbonyl (C=O) groups excluding carboxylic acids is 1. The van der Waals surface area contributed by atoms with E-state index in [2.05, 4.69) is 4.98 Å². The molecule has 0 saturated heterocycles. The molecule has 0 unspecified atom stereocenters.